The molecule has 2 N–H and O–H groups in total. The zero-order chi connectivity index (χ0) is 16.7. The molecule has 0 saturated carbocycles. The molecule has 0 unspecified atom stereocenters. The van der Waals surface area contributed by atoms with Crippen LogP contribution in [-0.4, -0.2) is 20.2 Å². The zero-order valence-corrected chi connectivity index (χ0v) is 13.8. The molecule has 7 heteroatoms. The standard InChI is InChI=1S/C17H14ClN5O/c1-9-7-21-23-15(9)22-16-13-10(2)14(24-17(13)20-8-19-16)11-3-5-12(18)6-4-11/h3-8H,1-2H3,(H2,19,20,21,22,23). The summed E-state index contributed by atoms with van der Waals surface area (Å²) in [7, 11) is 0. The van der Waals surface area contributed by atoms with Crippen molar-refractivity contribution in [2.75, 3.05) is 5.32 Å². The van der Waals surface area contributed by atoms with Crippen molar-refractivity contribution in [1.82, 2.24) is 20.2 Å². The van der Waals surface area contributed by atoms with Crippen LogP contribution in [0.25, 0.3) is 22.4 Å². The van der Waals surface area contributed by atoms with Crippen LogP contribution in [0.3, 0.4) is 0 Å². The number of nitrogens with zero attached hydrogens (tertiary/aromatic N) is 3. The minimum atomic E-state index is 0.534. The zero-order valence-electron chi connectivity index (χ0n) is 13.1. The number of anilines is 2. The van der Waals surface area contributed by atoms with Crippen molar-refractivity contribution < 1.29 is 4.42 Å². The van der Waals surface area contributed by atoms with Crippen molar-refractivity contribution in [3.63, 3.8) is 0 Å². The van der Waals surface area contributed by atoms with Crippen LogP contribution in [-0.2, 0) is 0 Å². The average molecular weight is 340 g/mol. The quantitative estimate of drug-likeness (QED) is 0.569. The van der Waals surface area contributed by atoms with Crippen molar-refractivity contribution in [2.24, 2.45) is 0 Å². The predicted molar refractivity (Wildman–Crippen MR) is 93.6 cm³/mol. The molecule has 0 radical (unpaired) electrons. The van der Waals surface area contributed by atoms with E-state index in [4.69, 9.17) is 16.0 Å². The maximum atomic E-state index is 5.96. The molecular weight excluding hydrogens is 326 g/mol. The molecule has 1 aromatic carbocycles. The second kappa shape index (κ2) is 5.65. The van der Waals surface area contributed by atoms with E-state index in [1.807, 2.05) is 38.1 Å². The number of aromatic nitrogens is 4. The highest BCUT2D eigenvalue weighted by Gasteiger charge is 2.18. The van der Waals surface area contributed by atoms with Crippen molar-refractivity contribution in [2.45, 2.75) is 13.8 Å². The van der Waals surface area contributed by atoms with Crippen LogP contribution in [0.2, 0.25) is 5.02 Å². The van der Waals surface area contributed by atoms with E-state index in [1.54, 1.807) is 6.20 Å². The fraction of sp³-hybridized carbons (Fsp3) is 0.118. The Balaban J connectivity index is 1.85. The Bertz CT molecular complexity index is 1020. The average Bonchev–Trinajstić information content (AvgIpc) is 3.13. The van der Waals surface area contributed by atoms with Gasteiger partial charge in [-0.1, -0.05) is 11.6 Å². The summed E-state index contributed by atoms with van der Waals surface area (Å²) in [6.07, 6.45) is 3.23. The fourth-order valence-corrected chi connectivity index (χ4v) is 2.76. The summed E-state index contributed by atoms with van der Waals surface area (Å²) in [5.74, 6) is 2.23. The molecule has 0 spiro atoms. The first-order valence-corrected chi connectivity index (χ1v) is 7.78. The molecule has 0 aliphatic rings. The number of nitrogens with one attached hydrogen (secondary N) is 2. The van der Waals surface area contributed by atoms with E-state index in [2.05, 4.69) is 25.5 Å². The summed E-state index contributed by atoms with van der Waals surface area (Å²) in [6.45, 7) is 3.95. The number of halogens is 1. The Labute approximate surface area is 142 Å². The Kier molecular flexibility index (Phi) is 3.46. The van der Waals surface area contributed by atoms with Crippen LogP contribution in [0.15, 0.2) is 41.2 Å². The van der Waals surface area contributed by atoms with E-state index < -0.39 is 0 Å². The molecule has 0 atom stereocenters. The lowest BCUT2D eigenvalue weighted by molar-refractivity contribution is 0.615. The Morgan fingerprint density at radius 3 is 2.62 bits per heavy atom. The molecule has 0 fully saturated rings. The van der Waals surface area contributed by atoms with Gasteiger partial charge in [-0.3, -0.25) is 5.10 Å². The predicted octanol–water partition coefficient (Wildman–Crippen LogP) is 4.63. The SMILES string of the molecule is Cc1cn[nH]c1Nc1ncnc2oc(-c3ccc(Cl)cc3)c(C)c12. The fourth-order valence-electron chi connectivity index (χ4n) is 2.63. The number of aryl methyl sites for hydroxylation is 2. The van der Waals surface area contributed by atoms with Gasteiger partial charge in [0.05, 0.1) is 11.6 Å². The van der Waals surface area contributed by atoms with E-state index in [1.165, 1.54) is 6.33 Å². The molecule has 4 aromatic rings. The van der Waals surface area contributed by atoms with E-state index in [0.717, 1.165) is 33.7 Å². The molecule has 0 amide bonds. The number of furan rings is 1. The Morgan fingerprint density at radius 1 is 1.12 bits per heavy atom. The highest BCUT2D eigenvalue weighted by molar-refractivity contribution is 6.30. The molecule has 120 valence electrons. The number of H-pyrrole nitrogens is 1. The first kappa shape index (κ1) is 14.7. The Hall–Kier alpha value is -2.86. The van der Waals surface area contributed by atoms with Gasteiger partial charge in [0, 0.05) is 21.7 Å². The molecule has 24 heavy (non-hydrogen) atoms. The summed E-state index contributed by atoms with van der Waals surface area (Å²) in [5.41, 5.74) is 3.44. The third-order valence-electron chi connectivity index (χ3n) is 3.91. The lowest BCUT2D eigenvalue weighted by atomic mass is 10.1. The van der Waals surface area contributed by atoms with Crippen LogP contribution in [0, 0.1) is 13.8 Å². The molecule has 6 nitrogen and oxygen atoms in total. The maximum Gasteiger partial charge on any atom is 0.232 e. The molecule has 4 rings (SSSR count). The van der Waals surface area contributed by atoms with Crippen LogP contribution >= 0.6 is 11.6 Å². The first-order valence-electron chi connectivity index (χ1n) is 7.40. The van der Waals surface area contributed by atoms with Gasteiger partial charge in [-0.25, -0.2) is 9.97 Å². The van der Waals surface area contributed by atoms with Gasteiger partial charge in [0.25, 0.3) is 0 Å². The van der Waals surface area contributed by atoms with Gasteiger partial charge in [0.1, 0.15) is 23.7 Å². The van der Waals surface area contributed by atoms with Crippen LogP contribution < -0.4 is 5.32 Å². The summed E-state index contributed by atoms with van der Waals surface area (Å²) in [5, 5.41) is 11.7. The van der Waals surface area contributed by atoms with E-state index in [0.29, 0.717) is 16.6 Å². The lowest BCUT2D eigenvalue weighted by Crippen LogP contribution is -1.97. The van der Waals surface area contributed by atoms with Gasteiger partial charge in [-0.2, -0.15) is 5.10 Å². The highest BCUT2D eigenvalue weighted by atomic mass is 35.5. The monoisotopic (exact) mass is 339 g/mol. The topological polar surface area (TPSA) is 79.6 Å². The van der Waals surface area contributed by atoms with Crippen molar-refractivity contribution in [3.8, 4) is 11.3 Å². The number of rotatable bonds is 3. The van der Waals surface area contributed by atoms with Gasteiger partial charge in [0.2, 0.25) is 5.71 Å². The number of fused-ring (bicyclic) bond motifs is 1. The minimum absolute atomic E-state index is 0.534. The van der Waals surface area contributed by atoms with Crippen molar-refractivity contribution >= 4 is 34.3 Å². The second-order valence-corrected chi connectivity index (χ2v) is 5.95. The Morgan fingerprint density at radius 2 is 1.92 bits per heavy atom. The third kappa shape index (κ3) is 2.41. The van der Waals surface area contributed by atoms with Gasteiger partial charge < -0.3 is 9.73 Å². The summed E-state index contributed by atoms with van der Waals surface area (Å²) >= 11 is 5.96. The van der Waals surface area contributed by atoms with Crippen LogP contribution in [0.5, 0.6) is 0 Å². The third-order valence-corrected chi connectivity index (χ3v) is 4.16. The lowest BCUT2D eigenvalue weighted by Gasteiger charge is -2.05. The van der Waals surface area contributed by atoms with Gasteiger partial charge in [-0.15, -0.1) is 0 Å². The first-order chi connectivity index (χ1) is 11.6. The summed E-state index contributed by atoms with van der Waals surface area (Å²) in [4.78, 5) is 8.60. The molecule has 3 aromatic heterocycles. The second-order valence-electron chi connectivity index (χ2n) is 5.52. The summed E-state index contributed by atoms with van der Waals surface area (Å²) < 4.78 is 5.95. The van der Waals surface area contributed by atoms with Crippen LogP contribution in [0.4, 0.5) is 11.6 Å². The van der Waals surface area contributed by atoms with Gasteiger partial charge in [0.15, 0.2) is 0 Å². The number of benzene rings is 1. The molecule has 0 bridgehead atoms. The number of hydrogen-bond donors (Lipinski definition) is 2. The van der Waals surface area contributed by atoms with E-state index in [9.17, 15) is 0 Å². The van der Waals surface area contributed by atoms with Crippen LogP contribution in [0.1, 0.15) is 11.1 Å². The van der Waals surface area contributed by atoms with Crippen molar-refractivity contribution in [1.29, 1.82) is 0 Å². The molecule has 0 aliphatic heterocycles. The number of aromatic amines is 1. The molecule has 3 heterocycles. The largest absolute Gasteiger partial charge is 0.437 e. The van der Waals surface area contributed by atoms with E-state index >= 15 is 0 Å². The highest BCUT2D eigenvalue weighted by Crippen LogP contribution is 2.36. The smallest absolute Gasteiger partial charge is 0.232 e. The maximum absolute atomic E-state index is 5.96. The van der Waals surface area contributed by atoms with Crippen molar-refractivity contribution in [3.05, 3.63) is 52.9 Å². The van der Waals surface area contributed by atoms with E-state index in [-0.39, 0.29) is 0 Å². The minimum Gasteiger partial charge on any atom is -0.437 e. The van der Waals surface area contributed by atoms with Gasteiger partial charge >= 0.3 is 0 Å². The molecular formula is C17H14ClN5O. The summed E-state index contributed by atoms with van der Waals surface area (Å²) in [6, 6.07) is 7.52. The normalized spacial score (nSPS) is 11.1. The molecule has 0 aliphatic carbocycles. The molecule has 0 saturated heterocycles. The van der Waals surface area contributed by atoms with Gasteiger partial charge in [-0.05, 0) is 38.1 Å². The number of hydrogen-bond acceptors (Lipinski definition) is 5.